The van der Waals surface area contributed by atoms with Crippen molar-refractivity contribution >= 4 is 22.0 Å². The van der Waals surface area contributed by atoms with Crippen LogP contribution < -0.4 is 5.32 Å². The van der Waals surface area contributed by atoms with Crippen molar-refractivity contribution in [3.8, 4) is 0 Å². The number of halogens is 7. The first kappa shape index (κ1) is 28.1. The SMILES string of the molecule is C=C(C)C(=O)OC(OCCCC(F)(F)C(F)(F)S(=O)(=O)[O-])(C(=O)NCC)C(F)(F)F. The first-order valence-electron chi connectivity index (χ1n) is 7.85. The fraction of sp³-hybridized carbons (Fsp3) is 0.714. The van der Waals surface area contributed by atoms with Gasteiger partial charge in [-0.1, -0.05) is 6.58 Å². The molecule has 0 aliphatic rings. The van der Waals surface area contributed by atoms with Crippen molar-refractivity contribution in [1.82, 2.24) is 5.32 Å². The summed E-state index contributed by atoms with van der Waals surface area (Å²) < 4.78 is 132. The fourth-order valence-corrected chi connectivity index (χ4v) is 2.21. The zero-order chi connectivity index (χ0) is 24.2. The van der Waals surface area contributed by atoms with Crippen LogP contribution in [0.1, 0.15) is 26.7 Å². The Morgan fingerprint density at radius 3 is 1.97 bits per heavy atom. The van der Waals surface area contributed by atoms with Gasteiger partial charge in [-0.3, -0.25) is 4.79 Å². The van der Waals surface area contributed by atoms with Crippen LogP contribution in [0.3, 0.4) is 0 Å². The van der Waals surface area contributed by atoms with Gasteiger partial charge >= 0.3 is 35.0 Å². The maximum Gasteiger partial charge on any atom is 0.466 e. The molecule has 0 heterocycles. The predicted molar refractivity (Wildman–Crippen MR) is 83.2 cm³/mol. The summed E-state index contributed by atoms with van der Waals surface area (Å²) in [6, 6.07) is 0. The second-order valence-corrected chi connectivity index (χ2v) is 7.19. The van der Waals surface area contributed by atoms with Crippen LogP contribution in [0.5, 0.6) is 0 Å². The molecule has 0 fully saturated rings. The average Bonchev–Trinajstić information content (AvgIpc) is 2.55. The highest BCUT2D eigenvalue weighted by molar-refractivity contribution is 7.86. The number of hydrogen-bond donors (Lipinski definition) is 1. The third-order valence-corrected chi connectivity index (χ3v) is 4.20. The van der Waals surface area contributed by atoms with Gasteiger partial charge in [0.2, 0.25) is 0 Å². The van der Waals surface area contributed by atoms with Crippen LogP contribution in [-0.4, -0.2) is 61.1 Å². The van der Waals surface area contributed by atoms with E-state index in [1.54, 1.807) is 5.32 Å². The minimum atomic E-state index is -6.79. The molecule has 0 aliphatic carbocycles. The van der Waals surface area contributed by atoms with Gasteiger partial charge in [0.25, 0.3) is 0 Å². The molecular weight excluding hydrogens is 459 g/mol. The molecule has 1 amide bonds. The number of likely N-dealkylation sites (N-methyl/N-ethyl adjacent to an activating group) is 1. The normalized spacial score (nSPS) is 15.3. The maximum atomic E-state index is 13.5. The molecule has 176 valence electrons. The van der Waals surface area contributed by atoms with Crippen molar-refractivity contribution in [3.63, 3.8) is 0 Å². The van der Waals surface area contributed by atoms with Crippen LogP contribution in [-0.2, 0) is 29.2 Å². The van der Waals surface area contributed by atoms with E-state index in [0.29, 0.717) is 0 Å². The summed E-state index contributed by atoms with van der Waals surface area (Å²) in [5.74, 6) is -13.6. The van der Waals surface area contributed by atoms with Crippen molar-refractivity contribution < 1.29 is 62.8 Å². The molecule has 0 bridgehead atoms. The summed E-state index contributed by atoms with van der Waals surface area (Å²) in [7, 11) is -6.79. The monoisotopic (exact) mass is 476 g/mol. The molecule has 0 aromatic rings. The third kappa shape index (κ3) is 6.04. The Morgan fingerprint density at radius 2 is 1.60 bits per heavy atom. The number of alkyl halides is 7. The molecule has 0 aromatic heterocycles. The molecule has 1 atom stereocenters. The Hall–Kier alpha value is -1.94. The van der Waals surface area contributed by atoms with Crippen molar-refractivity contribution in [2.45, 2.75) is 49.8 Å². The number of rotatable bonds is 11. The van der Waals surface area contributed by atoms with E-state index in [4.69, 9.17) is 0 Å². The number of hydrogen-bond acceptors (Lipinski definition) is 7. The molecule has 0 saturated heterocycles. The summed E-state index contributed by atoms with van der Waals surface area (Å²) in [5.41, 5.74) is -0.594. The largest absolute Gasteiger partial charge is 0.743 e. The minimum Gasteiger partial charge on any atom is -0.743 e. The lowest BCUT2D eigenvalue weighted by Crippen LogP contribution is -2.61. The number of nitrogens with one attached hydrogen (secondary N) is 1. The molecule has 0 radical (unpaired) electrons. The summed E-state index contributed by atoms with van der Waals surface area (Å²) in [5, 5.41) is -4.39. The van der Waals surface area contributed by atoms with Crippen LogP contribution in [0.25, 0.3) is 0 Å². The average molecular weight is 476 g/mol. The highest BCUT2D eigenvalue weighted by Gasteiger charge is 2.66. The molecule has 0 rings (SSSR count). The highest BCUT2D eigenvalue weighted by Crippen LogP contribution is 2.42. The van der Waals surface area contributed by atoms with E-state index in [-0.39, 0.29) is 0 Å². The van der Waals surface area contributed by atoms with Gasteiger partial charge in [0.05, 0.1) is 6.61 Å². The Bertz CT molecular complexity index is 767. The van der Waals surface area contributed by atoms with Crippen LogP contribution in [0, 0.1) is 0 Å². The van der Waals surface area contributed by atoms with Crippen molar-refractivity contribution in [2.24, 2.45) is 0 Å². The van der Waals surface area contributed by atoms with Gasteiger partial charge in [-0.2, -0.15) is 30.7 Å². The van der Waals surface area contributed by atoms with Crippen LogP contribution in [0.15, 0.2) is 12.2 Å². The zero-order valence-electron chi connectivity index (χ0n) is 15.4. The number of carbonyl (C=O) groups is 2. The molecule has 30 heavy (non-hydrogen) atoms. The Kier molecular flexibility index (Phi) is 8.85. The maximum absolute atomic E-state index is 13.5. The third-order valence-electron chi connectivity index (χ3n) is 3.27. The van der Waals surface area contributed by atoms with Gasteiger partial charge in [-0.15, -0.1) is 0 Å². The summed E-state index contributed by atoms with van der Waals surface area (Å²) in [6.45, 7) is 3.19. The van der Waals surface area contributed by atoms with Gasteiger partial charge in [-0.25, -0.2) is 13.2 Å². The second-order valence-electron chi connectivity index (χ2n) is 5.77. The summed E-state index contributed by atoms with van der Waals surface area (Å²) >= 11 is 0. The Balaban J connectivity index is 5.67. The van der Waals surface area contributed by atoms with Gasteiger partial charge in [0.15, 0.2) is 10.1 Å². The smallest absolute Gasteiger partial charge is 0.466 e. The first-order valence-corrected chi connectivity index (χ1v) is 9.26. The fourth-order valence-electron chi connectivity index (χ4n) is 1.74. The molecular formula is C14H17F7NO7S-. The van der Waals surface area contributed by atoms with Gasteiger partial charge < -0.3 is 19.3 Å². The van der Waals surface area contributed by atoms with Crippen LogP contribution in [0.4, 0.5) is 30.7 Å². The number of ether oxygens (including phenoxy) is 2. The van der Waals surface area contributed by atoms with Gasteiger partial charge in [-0.05, 0) is 20.3 Å². The lowest BCUT2D eigenvalue weighted by molar-refractivity contribution is -0.347. The molecule has 0 spiro atoms. The number of amides is 1. The van der Waals surface area contributed by atoms with E-state index in [1.165, 1.54) is 6.92 Å². The second kappa shape index (κ2) is 9.47. The van der Waals surface area contributed by atoms with Crippen molar-refractivity contribution in [2.75, 3.05) is 13.2 Å². The molecule has 0 saturated carbocycles. The molecule has 0 aliphatic heterocycles. The van der Waals surface area contributed by atoms with E-state index < -0.39 is 76.7 Å². The summed E-state index contributed by atoms with van der Waals surface area (Å²) in [4.78, 5) is 23.4. The number of carbonyl (C=O) groups excluding carboxylic acids is 2. The molecule has 1 unspecified atom stereocenters. The van der Waals surface area contributed by atoms with Crippen LogP contribution >= 0.6 is 0 Å². The predicted octanol–water partition coefficient (Wildman–Crippen LogP) is 2.07. The van der Waals surface area contributed by atoms with E-state index in [0.717, 1.165) is 6.92 Å². The minimum absolute atomic E-state index is 0.406. The van der Waals surface area contributed by atoms with Crippen molar-refractivity contribution in [3.05, 3.63) is 12.2 Å². The van der Waals surface area contributed by atoms with E-state index in [2.05, 4.69) is 16.1 Å². The molecule has 0 aromatic carbocycles. The zero-order valence-corrected chi connectivity index (χ0v) is 16.3. The van der Waals surface area contributed by atoms with Crippen LogP contribution in [0.2, 0.25) is 0 Å². The Morgan fingerprint density at radius 1 is 1.10 bits per heavy atom. The first-order chi connectivity index (χ1) is 13.3. The lowest BCUT2D eigenvalue weighted by atomic mass is 10.2. The number of esters is 1. The van der Waals surface area contributed by atoms with Crippen molar-refractivity contribution in [1.29, 1.82) is 0 Å². The van der Waals surface area contributed by atoms with E-state index in [1.807, 2.05) is 0 Å². The standard InChI is InChI=1S/C14H18F7NO7S/c1-4-22-10(24)12(13(17,18)19,29-9(23)8(2)3)28-7-5-6-11(15,16)14(20,21)30(25,26)27/h2,4-7H2,1,3H3,(H,22,24)(H,25,26,27)/p-1. The molecule has 16 heteroatoms. The van der Waals surface area contributed by atoms with E-state index >= 15 is 0 Å². The topological polar surface area (TPSA) is 122 Å². The quantitative estimate of drug-likeness (QED) is 0.121. The van der Waals surface area contributed by atoms with Gasteiger partial charge in [0.1, 0.15) is 0 Å². The van der Waals surface area contributed by atoms with Gasteiger partial charge in [0, 0.05) is 18.5 Å². The lowest BCUT2D eigenvalue weighted by Gasteiger charge is -2.33. The summed E-state index contributed by atoms with van der Waals surface area (Å²) in [6.07, 6.45) is -9.25. The molecule has 8 nitrogen and oxygen atoms in total. The highest BCUT2D eigenvalue weighted by atomic mass is 32.2. The Labute approximate surface area is 166 Å². The van der Waals surface area contributed by atoms with E-state index in [9.17, 15) is 53.3 Å². The molecule has 1 N–H and O–H groups in total.